The lowest BCUT2D eigenvalue weighted by Gasteiger charge is -2.54. The third-order valence-corrected chi connectivity index (χ3v) is 4.94. The first-order chi connectivity index (χ1) is 15.5. The zero-order valence-electron chi connectivity index (χ0n) is 19.3. The largest absolute Gasteiger partial charge is 0.465 e. The molecule has 16 heteroatoms. The van der Waals surface area contributed by atoms with Crippen LogP contribution in [-0.2, 0) is 47.6 Å². The smallest absolute Gasteiger partial charge is 0.366 e. The van der Waals surface area contributed by atoms with Gasteiger partial charge in [0, 0.05) is 35.0 Å². The van der Waals surface area contributed by atoms with E-state index in [0.29, 0.717) is 7.11 Å². The summed E-state index contributed by atoms with van der Waals surface area (Å²) < 4.78 is 28.5. The van der Waals surface area contributed by atoms with Crippen molar-refractivity contribution in [2.75, 3.05) is 21.3 Å². The van der Waals surface area contributed by atoms with Gasteiger partial charge in [0.05, 0.1) is 13.5 Å². The normalized spacial score (nSPS) is 31.3. The van der Waals surface area contributed by atoms with Crippen LogP contribution in [0.1, 0.15) is 27.2 Å². The Kier molecular flexibility index (Phi) is 9.09. The second-order valence-corrected chi connectivity index (χ2v) is 7.37. The number of aliphatic hydroxyl groups is 5. The molecule has 0 radical (unpaired) electrons. The van der Waals surface area contributed by atoms with E-state index in [-0.39, 0.29) is 0 Å². The molecule has 0 aliphatic carbocycles. The van der Waals surface area contributed by atoms with Gasteiger partial charge < -0.3 is 59.3 Å². The standard InChI is InChI=1S/C18H29NO15/c1-8(20)19-11-12(34-16(26,13(23)29-4)7-15(11,25)30-5)17(27,31-6)18(28,33-10(3)22)14(24)32-9(2)21/h11-12,14,24-28H,7H2,1-6H3,(H,19,20)/t11-,12+,14?,15+,16?,17+,18-/m0/s1. The molecule has 1 rings (SSSR count). The molecule has 16 nitrogen and oxygen atoms in total. The Morgan fingerprint density at radius 1 is 1.06 bits per heavy atom. The summed E-state index contributed by atoms with van der Waals surface area (Å²) in [6.07, 6.45) is -6.48. The van der Waals surface area contributed by atoms with Gasteiger partial charge in [0.2, 0.25) is 5.91 Å². The van der Waals surface area contributed by atoms with Gasteiger partial charge in [-0.05, 0) is 0 Å². The van der Waals surface area contributed by atoms with Crippen LogP contribution < -0.4 is 5.32 Å². The van der Waals surface area contributed by atoms with Crippen LogP contribution in [0.4, 0.5) is 0 Å². The molecule has 1 fully saturated rings. The fourth-order valence-corrected chi connectivity index (χ4v) is 3.42. The molecule has 1 aliphatic heterocycles. The van der Waals surface area contributed by atoms with Crippen molar-refractivity contribution in [2.45, 2.75) is 68.8 Å². The fraction of sp³-hybridized carbons (Fsp3) is 0.778. The molecule has 34 heavy (non-hydrogen) atoms. The predicted octanol–water partition coefficient (Wildman–Crippen LogP) is -4.06. The summed E-state index contributed by atoms with van der Waals surface area (Å²) in [5, 5.41) is 56.7. The summed E-state index contributed by atoms with van der Waals surface area (Å²) in [7, 11) is 2.42. The molecular formula is C18H29NO15. The summed E-state index contributed by atoms with van der Waals surface area (Å²) in [6.45, 7) is 2.48. The highest BCUT2D eigenvalue weighted by Gasteiger charge is 2.73. The zero-order chi connectivity index (χ0) is 26.7. The molecular weight excluding hydrogens is 470 g/mol. The Morgan fingerprint density at radius 3 is 2.00 bits per heavy atom. The molecule has 1 saturated heterocycles. The predicted molar refractivity (Wildman–Crippen MR) is 102 cm³/mol. The van der Waals surface area contributed by atoms with E-state index in [1.54, 1.807) is 0 Å². The van der Waals surface area contributed by atoms with Crippen molar-refractivity contribution >= 4 is 23.8 Å². The van der Waals surface area contributed by atoms with Crippen LogP contribution in [0.2, 0.25) is 0 Å². The number of amides is 1. The highest BCUT2D eigenvalue weighted by molar-refractivity contribution is 5.78. The van der Waals surface area contributed by atoms with Crippen molar-refractivity contribution in [1.82, 2.24) is 5.32 Å². The van der Waals surface area contributed by atoms with E-state index in [9.17, 15) is 44.7 Å². The number of nitrogens with one attached hydrogen (secondary N) is 1. The van der Waals surface area contributed by atoms with Crippen LogP contribution in [-0.4, -0.2) is 112 Å². The summed E-state index contributed by atoms with van der Waals surface area (Å²) in [5.74, 6) is -18.2. The number of carbonyl (C=O) groups excluding carboxylic acids is 4. The van der Waals surface area contributed by atoms with E-state index < -0.39 is 71.8 Å². The monoisotopic (exact) mass is 499 g/mol. The minimum absolute atomic E-state index is 0.681. The SMILES string of the molecule is COC(=O)C1(O)C[C@@](O)(OC)[C@@H](NC(C)=O)[C@H]([C@@](O)(OC)[C@@](O)(OC(C)=O)C(O)OC(C)=O)O1. The van der Waals surface area contributed by atoms with Gasteiger partial charge in [-0.2, -0.15) is 0 Å². The second-order valence-electron chi connectivity index (χ2n) is 7.37. The maximum absolute atomic E-state index is 12.2. The molecule has 0 aromatic rings. The minimum Gasteiger partial charge on any atom is -0.465 e. The lowest BCUT2D eigenvalue weighted by atomic mass is 9.82. The van der Waals surface area contributed by atoms with E-state index in [4.69, 9.17) is 14.2 Å². The second kappa shape index (κ2) is 10.4. The first-order valence-electron chi connectivity index (χ1n) is 9.54. The summed E-state index contributed by atoms with van der Waals surface area (Å²) in [5.41, 5.74) is 0. The van der Waals surface area contributed by atoms with E-state index >= 15 is 0 Å². The van der Waals surface area contributed by atoms with Crippen LogP contribution in [0.3, 0.4) is 0 Å². The molecule has 2 unspecified atom stereocenters. The number of ether oxygens (including phenoxy) is 6. The van der Waals surface area contributed by atoms with E-state index in [1.165, 1.54) is 0 Å². The average Bonchev–Trinajstić information content (AvgIpc) is 2.72. The van der Waals surface area contributed by atoms with Crippen molar-refractivity contribution in [2.24, 2.45) is 0 Å². The van der Waals surface area contributed by atoms with E-state index in [1.807, 2.05) is 0 Å². The number of hydrogen-bond acceptors (Lipinski definition) is 15. The molecule has 7 atom stereocenters. The Morgan fingerprint density at radius 2 is 1.62 bits per heavy atom. The molecule has 0 bridgehead atoms. The summed E-state index contributed by atoms with van der Waals surface area (Å²) >= 11 is 0. The lowest BCUT2D eigenvalue weighted by molar-refractivity contribution is -0.467. The van der Waals surface area contributed by atoms with Gasteiger partial charge in [-0.25, -0.2) is 4.79 Å². The van der Waals surface area contributed by atoms with Crippen molar-refractivity contribution in [3.8, 4) is 0 Å². The summed E-state index contributed by atoms with van der Waals surface area (Å²) in [6, 6.07) is -2.00. The Bertz CT molecular complexity index is 806. The third kappa shape index (κ3) is 5.44. The van der Waals surface area contributed by atoms with Crippen LogP contribution in [0, 0.1) is 0 Å². The Labute approximate surface area is 193 Å². The maximum Gasteiger partial charge on any atom is 0.366 e. The molecule has 6 N–H and O–H groups in total. The van der Waals surface area contributed by atoms with Crippen molar-refractivity contribution in [3.05, 3.63) is 0 Å². The van der Waals surface area contributed by atoms with Crippen LogP contribution >= 0.6 is 0 Å². The average molecular weight is 499 g/mol. The number of hydrogen-bond donors (Lipinski definition) is 6. The molecule has 0 spiro atoms. The molecule has 0 saturated carbocycles. The Hall–Kier alpha value is -2.44. The maximum atomic E-state index is 12.2. The quantitative estimate of drug-likeness (QED) is 0.101. The van der Waals surface area contributed by atoms with Crippen molar-refractivity contribution in [1.29, 1.82) is 0 Å². The molecule has 1 aliphatic rings. The summed E-state index contributed by atoms with van der Waals surface area (Å²) in [4.78, 5) is 47.2. The van der Waals surface area contributed by atoms with Gasteiger partial charge in [0.25, 0.3) is 17.9 Å². The van der Waals surface area contributed by atoms with Gasteiger partial charge >= 0.3 is 23.7 Å². The zero-order valence-corrected chi connectivity index (χ0v) is 19.3. The van der Waals surface area contributed by atoms with Gasteiger partial charge in [0.15, 0.2) is 5.79 Å². The molecule has 1 amide bonds. The first-order valence-corrected chi connectivity index (χ1v) is 9.54. The molecule has 0 aromatic heterocycles. The van der Waals surface area contributed by atoms with Gasteiger partial charge in [-0.1, -0.05) is 0 Å². The molecule has 0 aromatic carbocycles. The number of aliphatic hydroxyl groups excluding tert-OH is 1. The van der Waals surface area contributed by atoms with Crippen LogP contribution in [0.15, 0.2) is 0 Å². The number of rotatable bonds is 9. The highest BCUT2D eigenvalue weighted by atomic mass is 16.8. The Balaban J connectivity index is 3.89. The molecule has 1 heterocycles. The van der Waals surface area contributed by atoms with E-state index in [2.05, 4.69) is 19.5 Å². The molecule has 196 valence electrons. The fourth-order valence-electron chi connectivity index (χ4n) is 3.42. The number of methoxy groups -OCH3 is 3. The van der Waals surface area contributed by atoms with Crippen molar-refractivity contribution in [3.63, 3.8) is 0 Å². The number of carbonyl (C=O) groups is 4. The van der Waals surface area contributed by atoms with Crippen molar-refractivity contribution < 1.29 is 73.1 Å². The van der Waals surface area contributed by atoms with E-state index in [0.717, 1.165) is 35.0 Å². The van der Waals surface area contributed by atoms with Crippen LogP contribution in [0.5, 0.6) is 0 Å². The highest BCUT2D eigenvalue weighted by Crippen LogP contribution is 2.44. The number of esters is 3. The first kappa shape index (κ1) is 29.6. The van der Waals surface area contributed by atoms with Crippen LogP contribution in [0.25, 0.3) is 0 Å². The third-order valence-electron chi connectivity index (χ3n) is 4.94. The van der Waals surface area contributed by atoms with Gasteiger partial charge in [-0.15, -0.1) is 0 Å². The topological polar surface area (TPSA) is 237 Å². The van der Waals surface area contributed by atoms with Gasteiger partial charge in [-0.3, -0.25) is 14.4 Å². The van der Waals surface area contributed by atoms with Gasteiger partial charge in [0.1, 0.15) is 12.1 Å². The lowest BCUT2D eigenvalue weighted by Crippen LogP contribution is -2.80. The minimum atomic E-state index is -3.75.